The molecule has 0 aromatic heterocycles. The zero-order chi connectivity index (χ0) is 23.3. The molecule has 2 unspecified atom stereocenters. The SMILES string of the molecule is CC(CC(=O)Nc1ccccc1CN1CCCC(C(N)=O)C1)c1ccc(C(F)(F)F)cc1. The molecule has 1 heterocycles. The molecule has 0 aliphatic carbocycles. The average Bonchev–Trinajstić information content (AvgIpc) is 2.74. The van der Waals surface area contributed by atoms with E-state index in [0.29, 0.717) is 24.3 Å². The van der Waals surface area contributed by atoms with Gasteiger partial charge in [0.15, 0.2) is 0 Å². The molecule has 5 nitrogen and oxygen atoms in total. The van der Waals surface area contributed by atoms with Crippen molar-refractivity contribution in [2.75, 3.05) is 18.4 Å². The number of carbonyl (C=O) groups excluding carboxylic acids is 2. The van der Waals surface area contributed by atoms with Gasteiger partial charge in [-0.15, -0.1) is 0 Å². The summed E-state index contributed by atoms with van der Waals surface area (Å²) in [6, 6.07) is 12.4. The van der Waals surface area contributed by atoms with Crippen molar-refractivity contribution in [2.24, 2.45) is 11.7 Å². The Labute approximate surface area is 185 Å². The number of para-hydroxylation sites is 1. The molecule has 8 heteroatoms. The number of likely N-dealkylation sites (tertiary alicyclic amines) is 1. The molecular weight excluding hydrogens is 419 g/mol. The van der Waals surface area contributed by atoms with Gasteiger partial charge < -0.3 is 11.1 Å². The minimum atomic E-state index is -4.38. The summed E-state index contributed by atoms with van der Waals surface area (Å²) in [5.41, 5.74) is 7.06. The number of hydrogen-bond acceptors (Lipinski definition) is 3. The van der Waals surface area contributed by atoms with Crippen LogP contribution in [0.1, 0.15) is 48.8 Å². The average molecular weight is 448 g/mol. The number of primary amides is 1. The van der Waals surface area contributed by atoms with Gasteiger partial charge in [0.25, 0.3) is 0 Å². The Morgan fingerprint density at radius 1 is 1.16 bits per heavy atom. The molecule has 1 saturated heterocycles. The van der Waals surface area contributed by atoms with E-state index in [9.17, 15) is 22.8 Å². The van der Waals surface area contributed by atoms with E-state index in [0.717, 1.165) is 37.1 Å². The topological polar surface area (TPSA) is 75.4 Å². The van der Waals surface area contributed by atoms with Crippen LogP contribution in [0.3, 0.4) is 0 Å². The van der Waals surface area contributed by atoms with Gasteiger partial charge in [-0.2, -0.15) is 13.2 Å². The lowest BCUT2D eigenvalue weighted by Gasteiger charge is -2.31. The second-order valence-corrected chi connectivity index (χ2v) is 8.41. The second-order valence-electron chi connectivity index (χ2n) is 8.41. The zero-order valence-electron chi connectivity index (χ0n) is 18.0. The number of rotatable bonds is 7. The highest BCUT2D eigenvalue weighted by atomic mass is 19.4. The molecular formula is C24H28F3N3O2. The van der Waals surface area contributed by atoms with Crippen molar-refractivity contribution >= 4 is 17.5 Å². The molecule has 2 amide bonds. The second kappa shape index (κ2) is 10.2. The van der Waals surface area contributed by atoms with Crippen molar-refractivity contribution in [1.82, 2.24) is 4.90 Å². The lowest BCUT2D eigenvalue weighted by molar-refractivity contribution is -0.137. The summed E-state index contributed by atoms with van der Waals surface area (Å²) < 4.78 is 38.2. The summed E-state index contributed by atoms with van der Waals surface area (Å²) in [5, 5.41) is 2.93. The Hall–Kier alpha value is -2.87. The normalized spacial score (nSPS) is 18.2. The molecule has 172 valence electrons. The number of piperidine rings is 1. The standard InChI is InChI=1S/C24H28F3N3O2/c1-16(17-8-10-20(11-9-17)24(25,26)27)13-22(31)29-21-7-3-2-5-18(21)14-30-12-4-6-19(15-30)23(28)32/h2-3,5,7-11,16,19H,4,6,12-15H2,1H3,(H2,28,32)(H,29,31). The fourth-order valence-corrected chi connectivity index (χ4v) is 4.05. The van der Waals surface area contributed by atoms with Crippen molar-refractivity contribution in [1.29, 1.82) is 0 Å². The summed E-state index contributed by atoms with van der Waals surface area (Å²) >= 11 is 0. The third kappa shape index (κ3) is 6.32. The van der Waals surface area contributed by atoms with E-state index >= 15 is 0 Å². The Morgan fingerprint density at radius 3 is 2.50 bits per heavy atom. The van der Waals surface area contributed by atoms with Crippen LogP contribution in [0.25, 0.3) is 0 Å². The van der Waals surface area contributed by atoms with Gasteiger partial charge in [-0.1, -0.05) is 37.3 Å². The van der Waals surface area contributed by atoms with Crippen LogP contribution < -0.4 is 11.1 Å². The maximum absolute atomic E-state index is 12.7. The molecule has 0 spiro atoms. The van der Waals surface area contributed by atoms with Crippen molar-refractivity contribution in [3.05, 3.63) is 65.2 Å². The van der Waals surface area contributed by atoms with E-state index in [-0.39, 0.29) is 30.1 Å². The van der Waals surface area contributed by atoms with Gasteiger partial charge >= 0.3 is 6.18 Å². The highest BCUT2D eigenvalue weighted by Gasteiger charge is 2.30. The molecule has 2 aromatic carbocycles. The van der Waals surface area contributed by atoms with E-state index in [1.54, 1.807) is 0 Å². The van der Waals surface area contributed by atoms with E-state index in [4.69, 9.17) is 5.73 Å². The first-order valence-corrected chi connectivity index (χ1v) is 10.7. The molecule has 0 saturated carbocycles. The van der Waals surface area contributed by atoms with Gasteiger partial charge in [0.2, 0.25) is 11.8 Å². The summed E-state index contributed by atoms with van der Waals surface area (Å²) in [4.78, 5) is 26.3. The maximum atomic E-state index is 12.7. The van der Waals surface area contributed by atoms with Gasteiger partial charge in [0, 0.05) is 25.2 Å². The van der Waals surface area contributed by atoms with Gasteiger partial charge in [-0.3, -0.25) is 14.5 Å². The van der Waals surface area contributed by atoms with Crippen LogP contribution in [-0.2, 0) is 22.3 Å². The van der Waals surface area contributed by atoms with E-state index in [2.05, 4.69) is 10.2 Å². The molecule has 3 rings (SSSR count). The van der Waals surface area contributed by atoms with Crippen LogP contribution in [0.5, 0.6) is 0 Å². The Morgan fingerprint density at radius 2 is 1.84 bits per heavy atom. The maximum Gasteiger partial charge on any atom is 0.416 e. The minimum Gasteiger partial charge on any atom is -0.369 e. The number of anilines is 1. The Kier molecular flexibility index (Phi) is 7.56. The Balaban J connectivity index is 1.61. The number of amides is 2. The van der Waals surface area contributed by atoms with Crippen molar-refractivity contribution < 1.29 is 22.8 Å². The van der Waals surface area contributed by atoms with Gasteiger partial charge in [-0.25, -0.2) is 0 Å². The van der Waals surface area contributed by atoms with Gasteiger partial charge in [0.1, 0.15) is 0 Å². The Bertz CT molecular complexity index is 944. The van der Waals surface area contributed by atoms with Crippen molar-refractivity contribution in [3.8, 4) is 0 Å². The number of hydrogen-bond donors (Lipinski definition) is 2. The van der Waals surface area contributed by atoms with Crippen LogP contribution in [0, 0.1) is 5.92 Å². The first-order valence-electron chi connectivity index (χ1n) is 10.7. The predicted molar refractivity (Wildman–Crippen MR) is 117 cm³/mol. The quantitative estimate of drug-likeness (QED) is 0.655. The number of benzene rings is 2. The zero-order valence-corrected chi connectivity index (χ0v) is 18.0. The number of nitrogens with one attached hydrogen (secondary N) is 1. The number of nitrogens with zero attached hydrogens (tertiary/aromatic N) is 1. The van der Waals surface area contributed by atoms with Crippen molar-refractivity contribution in [2.45, 2.75) is 44.8 Å². The predicted octanol–water partition coefficient (Wildman–Crippen LogP) is 4.54. The molecule has 2 aromatic rings. The summed E-state index contributed by atoms with van der Waals surface area (Å²) in [6.07, 6.45) is -2.54. The monoisotopic (exact) mass is 447 g/mol. The number of halogens is 3. The lowest BCUT2D eigenvalue weighted by Crippen LogP contribution is -2.40. The largest absolute Gasteiger partial charge is 0.416 e. The molecule has 2 atom stereocenters. The van der Waals surface area contributed by atoms with E-state index < -0.39 is 11.7 Å². The molecule has 3 N–H and O–H groups in total. The highest BCUT2D eigenvalue weighted by molar-refractivity contribution is 5.92. The molecule has 1 aliphatic heterocycles. The minimum absolute atomic E-state index is 0.146. The fourth-order valence-electron chi connectivity index (χ4n) is 4.05. The fraction of sp³-hybridized carbons (Fsp3) is 0.417. The lowest BCUT2D eigenvalue weighted by atomic mass is 9.96. The third-order valence-corrected chi connectivity index (χ3v) is 5.89. The molecule has 32 heavy (non-hydrogen) atoms. The van der Waals surface area contributed by atoms with Crippen LogP contribution in [0.4, 0.5) is 18.9 Å². The van der Waals surface area contributed by atoms with Crippen LogP contribution >= 0.6 is 0 Å². The smallest absolute Gasteiger partial charge is 0.369 e. The summed E-state index contributed by atoms with van der Waals surface area (Å²) in [6.45, 7) is 3.86. The van der Waals surface area contributed by atoms with E-state index in [1.807, 2.05) is 31.2 Å². The number of nitrogens with two attached hydrogens (primary N) is 1. The van der Waals surface area contributed by atoms with Crippen LogP contribution in [0.15, 0.2) is 48.5 Å². The van der Waals surface area contributed by atoms with Gasteiger partial charge in [0.05, 0.1) is 11.5 Å². The third-order valence-electron chi connectivity index (χ3n) is 5.89. The van der Waals surface area contributed by atoms with E-state index in [1.165, 1.54) is 12.1 Å². The summed E-state index contributed by atoms with van der Waals surface area (Å²) in [7, 11) is 0. The molecule has 1 aliphatic rings. The number of carbonyl (C=O) groups is 2. The highest BCUT2D eigenvalue weighted by Crippen LogP contribution is 2.31. The molecule has 0 radical (unpaired) electrons. The van der Waals surface area contributed by atoms with Gasteiger partial charge in [-0.05, 0) is 54.6 Å². The van der Waals surface area contributed by atoms with Crippen molar-refractivity contribution in [3.63, 3.8) is 0 Å². The molecule has 1 fully saturated rings. The van der Waals surface area contributed by atoms with Crippen LogP contribution in [-0.4, -0.2) is 29.8 Å². The van der Waals surface area contributed by atoms with Crippen LogP contribution in [0.2, 0.25) is 0 Å². The summed E-state index contributed by atoms with van der Waals surface area (Å²) in [5.74, 6) is -0.884. The first-order chi connectivity index (χ1) is 15.1. The molecule has 0 bridgehead atoms. The first kappa shape index (κ1) is 23.8. The number of alkyl halides is 3.